The predicted octanol–water partition coefficient (Wildman–Crippen LogP) is 3.84. The van der Waals surface area contributed by atoms with Gasteiger partial charge in [-0.15, -0.1) is 11.8 Å². The van der Waals surface area contributed by atoms with E-state index in [-0.39, 0.29) is 12.3 Å². The molecule has 1 unspecified atom stereocenters. The number of hydrogen-bond donors (Lipinski definition) is 2. The summed E-state index contributed by atoms with van der Waals surface area (Å²) in [6, 6.07) is 12.1. The molecule has 1 amide bonds. The molecule has 4 rings (SSSR count). The second-order valence-corrected chi connectivity index (χ2v) is 9.10. The van der Waals surface area contributed by atoms with E-state index in [1.165, 1.54) is 0 Å². The van der Waals surface area contributed by atoms with Crippen LogP contribution in [0.4, 0.5) is 14.5 Å². The summed E-state index contributed by atoms with van der Waals surface area (Å²) in [6.45, 7) is 0.426. The molecule has 1 heterocycles. The number of aldehydes is 1. The number of fused-ring (bicyclic) bond motifs is 1. The molecule has 5 nitrogen and oxygen atoms in total. The largest absolute Gasteiger partial charge is 0.319 e. The highest BCUT2D eigenvalue weighted by Crippen LogP contribution is 2.41. The van der Waals surface area contributed by atoms with E-state index in [2.05, 4.69) is 21.2 Å². The summed E-state index contributed by atoms with van der Waals surface area (Å²) in [5.74, 6) is -1.99. The van der Waals surface area contributed by atoms with Gasteiger partial charge in [0, 0.05) is 27.1 Å². The van der Waals surface area contributed by atoms with Crippen LogP contribution in [0.1, 0.15) is 22.3 Å². The fraction of sp³-hybridized carbons (Fsp3) is 0.333. The highest BCUT2D eigenvalue weighted by molar-refractivity contribution is 9.10. The van der Waals surface area contributed by atoms with E-state index >= 15 is 0 Å². The molecule has 2 aliphatic rings. The van der Waals surface area contributed by atoms with Crippen molar-refractivity contribution in [3.05, 3.63) is 58.1 Å². The van der Waals surface area contributed by atoms with Crippen LogP contribution in [0.25, 0.3) is 0 Å². The zero-order valence-electron chi connectivity index (χ0n) is 16.3. The van der Waals surface area contributed by atoms with E-state index in [1.807, 2.05) is 30.3 Å². The highest BCUT2D eigenvalue weighted by Gasteiger charge is 2.55. The van der Waals surface area contributed by atoms with Crippen molar-refractivity contribution in [3.63, 3.8) is 0 Å². The Morgan fingerprint density at radius 1 is 1.30 bits per heavy atom. The lowest BCUT2D eigenvalue weighted by Crippen LogP contribution is -2.44. The Hall–Kier alpha value is -1.81. The number of nitrogens with two attached hydrogens (primary N) is 1. The number of rotatable bonds is 4. The van der Waals surface area contributed by atoms with Crippen LogP contribution in [0.3, 0.4) is 0 Å². The van der Waals surface area contributed by atoms with Crippen molar-refractivity contribution in [1.82, 2.24) is 5.32 Å². The number of halogens is 3. The summed E-state index contributed by atoms with van der Waals surface area (Å²) in [6.07, 6.45) is 0.807. The van der Waals surface area contributed by atoms with Gasteiger partial charge in [-0.1, -0.05) is 34.1 Å². The lowest BCUT2D eigenvalue weighted by atomic mass is 10.1. The lowest BCUT2D eigenvalue weighted by Gasteiger charge is -2.24. The van der Waals surface area contributed by atoms with Gasteiger partial charge in [0.1, 0.15) is 6.29 Å². The molecule has 1 saturated carbocycles. The number of alkyl halides is 2. The minimum atomic E-state index is -2.39. The average molecular weight is 498 g/mol. The topological polar surface area (TPSA) is 75.4 Å². The van der Waals surface area contributed by atoms with Gasteiger partial charge in [0.2, 0.25) is 5.91 Å². The first-order chi connectivity index (χ1) is 14.2. The van der Waals surface area contributed by atoms with Gasteiger partial charge in [-0.2, -0.15) is 0 Å². The second-order valence-electron chi connectivity index (χ2n) is 7.12. The number of thioether (sulfide) groups is 1. The van der Waals surface area contributed by atoms with E-state index in [1.54, 1.807) is 35.8 Å². The van der Waals surface area contributed by atoms with E-state index in [4.69, 9.17) is 5.73 Å². The summed E-state index contributed by atoms with van der Waals surface area (Å²) in [5, 5.41) is 2.48. The molecule has 9 heteroatoms. The molecule has 2 atom stereocenters. The van der Waals surface area contributed by atoms with E-state index in [0.29, 0.717) is 17.9 Å². The Morgan fingerprint density at radius 3 is 2.50 bits per heavy atom. The lowest BCUT2D eigenvalue weighted by molar-refractivity contribution is -0.119. The van der Waals surface area contributed by atoms with Crippen molar-refractivity contribution in [2.75, 3.05) is 17.7 Å². The van der Waals surface area contributed by atoms with Gasteiger partial charge in [-0.3, -0.25) is 9.59 Å². The van der Waals surface area contributed by atoms with Crippen LogP contribution in [0.5, 0.6) is 0 Å². The normalized spacial score (nSPS) is 21.8. The number of amides is 1. The minimum Gasteiger partial charge on any atom is -0.319 e. The third kappa shape index (κ3) is 5.46. The monoisotopic (exact) mass is 497 g/mol. The van der Waals surface area contributed by atoms with Crippen molar-refractivity contribution in [2.45, 2.75) is 35.9 Å². The van der Waals surface area contributed by atoms with Crippen LogP contribution in [-0.4, -0.2) is 43.0 Å². The van der Waals surface area contributed by atoms with Gasteiger partial charge in [-0.05, 0) is 36.9 Å². The fourth-order valence-corrected chi connectivity index (χ4v) is 4.22. The smallest absolute Gasteiger partial charge is 0.265 e. The van der Waals surface area contributed by atoms with Crippen molar-refractivity contribution in [2.24, 2.45) is 5.73 Å². The molecular weight excluding hydrogens is 476 g/mol. The van der Waals surface area contributed by atoms with Crippen LogP contribution < -0.4 is 16.0 Å². The van der Waals surface area contributed by atoms with Gasteiger partial charge in [0.05, 0.1) is 24.3 Å². The predicted molar refractivity (Wildman–Crippen MR) is 118 cm³/mol. The van der Waals surface area contributed by atoms with E-state index in [9.17, 15) is 18.4 Å². The maximum atomic E-state index is 12.7. The maximum absolute atomic E-state index is 12.7. The van der Waals surface area contributed by atoms with E-state index in [0.717, 1.165) is 26.9 Å². The first kappa shape index (κ1) is 22.9. The van der Waals surface area contributed by atoms with Crippen molar-refractivity contribution in [3.8, 4) is 0 Å². The number of benzene rings is 2. The molecular formula is C21H22BrF2N3O2S. The Bertz CT molecular complexity index is 927. The quantitative estimate of drug-likeness (QED) is 0.627. The van der Waals surface area contributed by atoms with Gasteiger partial charge in [-0.25, -0.2) is 8.78 Å². The average Bonchev–Trinajstić information content (AvgIpc) is 3.40. The van der Waals surface area contributed by atoms with Gasteiger partial charge < -0.3 is 16.0 Å². The summed E-state index contributed by atoms with van der Waals surface area (Å²) in [7, 11) is 1.55. The summed E-state index contributed by atoms with van der Waals surface area (Å²) in [4.78, 5) is 26.4. The van der Waals surface area contributed by atoms with Crippen LogP contribution in [0.15, 0.2) is 51.8 Å². The second kappa shape index (κ2) is 9.55. The zero-order chi connectivity index (χ0) is 21.9. The Balaban J connectivity index is 0.000000310. The molecule has 2 aromatic carbocycles. The summed E-state index contributed by atoms with van der Waals surface area (Å²) < 4.78 is 24.5. The molecule has 1 aliphatic carbocycles. The van der Waals surface area contributed by atoms with E-state index < -0.39 is 18.0 Å². The molecule has 2 aromatic rings. The fourth-order valence-electron chi connectivity index (χ4n) is 2.97. The number of anilines is 1. The van der Waals surface area contributed by atoms with Crippen molar-refractivity contribution in [1.29, 1.82) is 0 Å². The van der Waals surface area contributed by atoms with Crippen molar-refractivity contribution >= 4 is 45.6 Å². The van der Waals surface area contributed by atoms with Crippen LogP contribution in [0.2, 0.25) is 0 Å². The first-order valence-corrected chi connectivity index (χ1v) is 11.1. The highest BCUT2D eigenvalue weighted by atomic mass is 79.9. The van der Waals surface area contributed by atoms with Gasteiger partial charge in [0.25, 0.3) is 5.92 Å². The third-order valence-corrected chi connectivity index (χ3v) is 6.55. The molecule has 1 fully saturated rings. The molecule has 3 N–H and O–H groups in total. The molecule has 0 bridgehead atoms. The molecule has 0 aromatic heterocycles. The number of nitrogens with zero attached hydrogens (tertiary/aromatic N) is 1. The molecule has 0 spiro atoms. The Morgan fingerprint density at radius 2 is 1.97 bits per heavy atom. The minimum absolute atomic E-state index is 0.0174. The Kier molecular flexibility index (Phi) is 7.28. The van der Waals surface area contributed by atoms with Crippen LogP contribution in [0, 0.1) is 0 Å². The zero-order valence-corrected chi connectivity index (χ0v) is 18.7. The number of nitrogens with one attached hydrogen (secondary N) is 1. The van der Waals surface area contributed by atoms with Gasteiger partial charge >= 0.3 is 0 Å². The van der Waals surface area contributed by atoms with Gasteiger partial charge in [0.15, 0.2) is 0 Å². The number of hydrogen-bond acceptors (Lipinski definition) is 5. The van der Waals surface area contributed by atoms with Crippen LogP contribution >= 0.6 is 27.7 Å². The standard InChI is InChI=1S/C17H15BrN2O2S.C4H7F2N/c18-13-4-1-11(2-5-13)8-20-15-7-12(9-21)3-6-16(15)23-10-14(19)17(20)22;1-7-3-2-4(3,5)6/h1-7,9,14H,8,10,19H2;3,7H,2H2,1H3/t14-;/m0./s1. The Labute approximate surface area is 186 Å². The number of carbonyl (C=O) groups excluding carboxylic acids is 2. The maximum Gasteiger partial charge on any atom is 0.265 e. The molecule has 0 radical (unpaired) electrons. The molecule has 0 saturated heterocycles. The first-order valence-electron chi connectivity index (χ1n) is 9.33. The van der Waals surface area contributed by atoms with Crippen LogP contribution in [-0.2, 0) is 11.3 Å². The number of carbonyl (C=O) groups is 2. The molecule has 30 heavy (non-hydrogen) atoms. The summed E-state index contributed by atoms with van der Waals surface area (Å²) >= 11 is 4.95. The van der Waals surface area contributed by atoms with Crippen molar-refractivity contribution < 1.29 is 18.4 Å². The third-order valence-electron chi connectivity index (χ3n) is 4.84. The summed E-state index contributed by atoms with van der Waals surface area (Å²) in [5.41, 5.74) is 8.31. The molecule has 160 valence electrons. The SMILES string of the molecule is CNC1CC1(F)F.N[C@H]1CSc2ccc(C=O)cc2N(Cc2ccc(Br)cc2)C1=O. The molecule has 1 aliphatic heterocycles.